The number of nitrogens with one attached hydrogen (secondary N) is 2. The number of aromatic nitrogens is 4. The van der Waals surface area contributed by atoms with Gasteiger partial charge in [0.1, 0.15) is 5.82 Å². The molecule has 0 amide bonds. The van der Waals surface area contributed by atoms with Gasteiger partial charge >= 0.3 is 11.9 Å². The molecule has 0 radical (unpaired) electrons. The lowest BCUT2D eigenvalue weighted by Crippen LogP contribution is -2.07. The number of benzene rings is 1. The first kappa shape index (κ1) is 15.6. The summed E-state index contributed by atoms with van der Waals surface area (Å²) in [6, 6.07) is 2.00. The highest BCUT2D eigenvalue weighted by Gasteiger charge is 2.31. The van der Waals surface area contributed by atoms with E-state index in [1.165, 1.54) is 12.4 Å². The number of hydrogen-bond donors (Lipinski definition) is 2. The molecule has 0 bridgehead atoms. The molecule has 2 heterocycles. The van der Waals surface area contributed by atoms with Gasteiger partial charge in [0.15, 0.2) is 11.5 Å². The van der Waals surface area contributed by atoms with Crippen LogP contribution in [0.3, 0.4) is 0 Å². The molecule has 0 atom stereocenters. The third-order valence-electron chi connectivity index (χ3n) is 2.91. The van der Waals surface area contributed by atoms with Gasteiger partial charge in [-0.05, 0) is 18.2 Å². The van der Waals surface area contributed by atoms with E-state index in [4.69, 9.17) is 0 Å². The van der Waals surface area contributed by atoms with Crippen LogP contribution in [0.15, 0.2) is 39.9 Å². The number of halogens is 4. The number of alkyl halides is 3. The van der Waals surface area contributed by atoms with Crippen molar-refractivity contribution in [2.75, 3.05) is 5.32 Å². The van der Waals surface area contributed by atoms with Crippen LogP contribution in [0.5, 0.6) is 0 Å². The van der Waals surface area contributed by atoms with Crippen molar-refractivity contribution < 1.29 is 22.1 Å². The zero-order valence-corrected chi connectivity index (χ0v) is 11.6. The fourth-order valence-electron chi connectivity index (χ4n) is 1.86. The van der Waals surface area contributed by atoms with Gasteiger partial charge in [0, 0.05) is 12.4 Å². The van der Waals surface area contributed by atoms with Gasteiger partial charge in [-0.25, -0.2) is 19.2 Å². The Morgan fingerprint density at radius 2 is 1.92 bits per heavy atom. The van der Waals surface area contributed by atoms with Crippen molar-refractivity contribution in [2.45, 2.75) is 6.18 Å². The molecule has 0 aliphatic carbocycles. The Labute approximate surface area is 130 Å². The fourth-order valence-corrected chi connectivity index (χ4v) is 1.86. The van der Waals surface area contributed by atoms with Crippen molar-refractivity contribution in [2.24, 2.45) is 0 Å². The summed E-state index contributed by atoms with van der Waals surface area (Å²) in [6.45, 7) is 0. The molecule has 124 valence electrons. The minimum Gasteiger partial charge on any atom is -0.336 e. The molecular formula is C13H7F4N5O2. The van der Waals surface area contributed by atoms with Crippen LogP contribution in [0.25, 0.3) is 11.5 Å². The van der Waals surface area contributed by atoms with Crippen molar-refractivity contribution in [1.29, 1.82) is 0 Å². The number of anilines is 2. The van der Waals surface area contributed by atoms with E-state index < -0.39 is 23.3 Å². The minimum atomic E-state index is -4.66. The third kappa shape index (κ3) is 3.09. The molecule has 2 aromatic heterocycles. The monoisotopic (exact) mass is 341 g/mol. The predicted octanol–water partition coefficient (Wildman–Crippen LogP) is 2.72. The Bertz CT molecular complexity index is 934. The van der Waals surface area contributed by atoms with Gasteiger partial charge in [-0.3, -0.25) is 9.51 Å². The lowest BCUT2D eigenvalue weighted by Gasteiger charge is -2.11. The van der Waals surface area contributed by atoms with E-state index in [1.807, 2.05) is 0 Å². The molecule has 11 heteroatoms. The summed E-state index contributed by atoms with van der Waals surface area (Å²) in [5.74, 6) is -2.05. The van der Waals surface area contributed by atoms with Gasteiger partial charge < -0.3 is 5.32 Å². The molecule has 3 rings (SSSR count). The summed E-state index contributed by atoms with van der Waals surface area (Å²) in [5, 5.41) is 5.94. The van der Waals surface area contributed by atoms with Crippen LogP contribution >= 0.6 is 0 Å². The van der Waals surface area contributed by atoms with E-state index in [-0.39, 0.29) is 23.0 Å². The number of rotatable bonds is 3. The maximum Gasteiger partial charge on any atom is 0.439 e. The maximum absolute atomic E-state index is 13.9. The quantitative estimate of drug-likeness (QED) is 0.711. The van der Waals surface area contributed by atoms with Gasteiger partial charge in [-0.1, -0.05) is 5.16 Å². The normalized spacial score (nSPS) is 11.5. The molecule has 7 nitrogen and oxygen atoms in total. The molecule has 2 N–H and O–H groups in total. The summed E-state index contributed by atoms with van der Waals surface area (Å²) in [6.07, 6.45) is -2.10. The van der Waals surface area contributed by atoms with E-state index >= 15 is 0 Å². The summed E-state index contributed by atoms with van der Waals surface area (Å²) in [7, 11) is 0. The van der Waals surface area contributed by atoms with E-state index in [2.05, 4.69) is 29.9 Å². The van der Waals surface area contributed by atoms with Crippen LogP contribution in [0.2, 0.25) is 0 Å². The molecule has 0 saturated carbocycles. The van der Waals surface area contributed by atoms with Crippen molar-refractivity contribution >= 4 is 11.5 Å². The molecule has 0 unspecified atom stereocenters. The predicted molar refractivity (Wildman–Crippen MR) is 72.8 cm³/mol. The number of H-pyrrole nitrogens is 1. The highest BCUT2D eigenvalue weighted by atomic mass is 19.4. The first-order valence-corrected chi connectivity index (χ1v) is 6.36. The summed E-state index contributed by atoms with van der Waals surface area (Å²) < 4.78 is 55.9. The summed E-state index contributed by atoms with van der Waals surface area (Å²) >= 11 is 0. The fraction of sp³-hybridized carbons (Fsp3) is 0.0769. The first-order valence-electron chi connectivity index (χ1n) is 6.36. The largest absolute Gasteiger partial charge is 0.439 e. The second-order valence-corrected chi connectivity index (χ2v) is 4.51. The molecule has 1 aromatic carbocycles. The summed E-state index contributed by atoms with van der Waals surface area (Å²) in [5.41, 5.74) is -1.34. The highest BCUT2D eigenvalue weighted by molar-refractivity contribution is 5.70. The van der Waals surface area contributed by atoms with E-state index in [1.54, 1.807) is 0 Å². The molecule has 24 heavy (non-hydrogen) atoms. The SMILES string of the molecule is O=c1[nH]c(-c2nccnc2Nc2ccc(C(F)(F)F)cc2F)no1. The Balaban J connectivity index is 1.97. The second kappa shape index (κ2) is 5.76. The Morgan fingerprint density at radius 3 is 2.54 bits per heavy atom. The van der Waals surface area contributed by atoms with Crippen LogP contribution in [-0.2, 0) is 6.18 Å². The van der Waals surface area contributed by atoms with Crippen LogP contribution in [0.1, 0.15) is 5.56 Å². The van der Waals surface area contributed by atoms with Crippen molar-refractivity contribution in [3.63, 3.8) is 0 Å². The molecule has 0 saturated heterocycles. The van der Waals surface area contributed by atoms with Crippen molar-refractivity contribution in [3.05, 3.63) is 52.5 Å². The second-order valence-electron chi connectivity index (χ2n) is 4.51. The Morgan fingerprint density at radius 1 is 1.17 bits per heavy atom. The third-order valence-corrected chi connectivity index (χ3v) is 2.91. The van der Waals surface area contributed by atoms with Gasteiger partial charge in [0.05, 0.1) is 11.3 Å². The Hall–Kier alpha value is -3.24. The average molecular weight is 341 g/mol. The van der Waals surface area contributed by atoms with Crippen molar-refractivity contribution in [3.8, 4) is 11.5 Å². The van der Waals surface area contributed by atoms with Crippen LogP contribution in [-0.4, -0.2) is 20.1 Å². The summed E-state index contributed by atoms with van der Waals surface area (Å²) in [4.78, 5) is 21.1. The number of hydrogen-bond acceptors (Lipinski definition) is 6. The molecule has 0 aliphatic heterocycles. The standard InChI is InChI=1S/C13H7F4N5O2/c14-7-5-6(13(15,16)17)1-2-8(7)20-10-9(18-3-4-19-10)11-21-12(23)24-22-11/h1-5H,(H,19,20)(H,21,22,23). The zero-order chi connectivity index (χ0) is 17.3. The van der Waals surface area contributed by atoms with Crippen LogP contribution in [0.4, 0.5) is 29.1 Å². The molecule has 0 aliphatic rings. The van der Waals surface area contributed by atoms with Gasteiger partial charge in [-0.2, -0.15) is 13.2 Å². The van der Waals surface area contributed by atoms with E-state index in [0.717, 1.165) is 12.1 Å². The molecule has 0 fully saturated rings. The first-order chi connectivity index (χ1) is 11.3. The van der Waals surface area contributed by atoms with E-state index in [9.17, 15) is 22.4 Å². The molecule has 0 spiro atoms. The maximum atomic E-state index is 13.9. The van der Waals surface area contributed by atoms with Gasteiger partial charge in [0.25, 0.3) is 0 Å². The average Bonchev–Trinajstić information content (AvgIpc) is 2.95. The molecule has 3 aromatic rings. The van der Waals surface area contributed by atoms with Crippen LogP contribution < -0.4 is 11.1 Å². The minimum absolute atomic E-state index is 0.0271. The Kier molecular flexibility index (Phi) is 3.75. The van der Waals surface area contributed by atoms with E-state index in [0.29, 0.717) is 6.07 Å². The topological polar surface area (TPSA) is 96.7 Å². The number of nitrogens with zero attached hydrogens (tertiary/aromatic N) is 3. The lowest BCUT2D eigenvalue weighted by atomic mass is 10.2. The van der Waals surface area contributed by atoms with Gasteiger partial charge in [-0.15, -0.1) is 0 Å². The highest BCUT2D eigenvalue weighted by Crippen LogP contribution is 2.32. The zero-order valence-electron chi connectivity index (χ0n) is 11.6. The van der Waals surface area contributed by atoms with Crippen LogP contribution in [0, 0.1) is 5.82 Å². The lowest BCUT2D eigenvalue weighted by molar-refractivity contribution is -0.137. The number of aromatic amines is 1. The molecular weight excluding hydrogens is 334 g/mol. The van der Waals surface area contributed by atoms with Crippen molar-refractivity contribution in [1.82, 2.24) is 20.1 Å². The smallest absolute Gasteiger partial charge is 0.336 e. The van der Waals surface area contributed by atoms with Gasteiger partial charge in [0.2, 0.25) is 5.82 Å².